The monoisotopic (exact) mass is 249 g/mol. The number of aliphatic imine (C=N–C) groups is 1. The fourth-order valence-electron chi connectivity index (χ4n) is 3.24. The zero-order chi connectivity index (χ0) is 13.0. The first-order valence-corrected chi connectivity index (χ1v) is 7.53. The lowest BCUT2D eigenvalue weighted by atomic mass is 9.79. The van der Waals surface area contributed by atoms with Crippen LogP contribution in [0, 0.1) is 5.92 Å². The van der Waals surface area contributed by atoms with Gasteiger partial charge in [-0.2, -0.15) is 0 Å². The molecular weight excluding hydrogens is 222 g/mol. The second-order valence-electron chi connectivity index (χ2n) is 5.78. The smallest absolute Gasteiger partial charge is 0.0599 e. The standard InChI is InChI=1S/C16H27NO/c1-4-10-18-14-6-5-7-16-13(3)17-11-12(2)15(16)9-8-14/h14,16H,4-11H2,1-3H3. The maximum absolute atomic E-state index is 5.96. The van der Waals surface area contributed by atoms with Gasteiger partial charge < -0.3 is 4.74 Å². The van der Waals surface area contributed by atoms with E-state index in [-0.39, 0.29) is 0 Å². The molecule has 0 spiro atoms. The molecule has 0 bridgehead atoms. The Balaban J connectivity index is 2.00. The van der Waals surface area contributed by atoms with E-state index in [9.17, 15) is 0 Å². The molecule has 2 unspecified atom stereocenters. The largest absolute Gasteiger partial charge is 0.378 e. The van der Waals surface area contributed by atoms with Gasteiger partial charge >= 0.3 is 0 Å². The average Bonchev–Trinajstić information content (AvgIpc) is 2.33. The Bertz CT molecular complexity index is 343. The van der Waals surface area contributed by atoms with Gasteiger partial charge in [-0.3, -0.25) is 4.99 Å². The van der Waals surface area contributed by atoms with Crippen LogP contribution >= 0.6 is 0 Å². The molecule has 0 N–H and O–H groups in total. The normalized spacial score (nSPS) is 29.4. The van der Waals surface area contributed by atoms with Crippen LogP contribution in [0.4, 0.5) is 0 Å². The van der Waals surface area contributed by atoms with Crippen LogP contribution in [0.1, 0.15) is 59.3 Å². The molecule has 1 saturated carbocycles. The quantitative estimate of drug-likeness (QED) is 0.688. The third-order valence-corrected chi connectivity index (χ3v) is 4.35. The lowest BCUT2D eigenvalue weighted by Gasteiger charge is -2.31. The summed E-state index contributed by atoms with van der Waals surface area (Å²) in [6.07, 6.45) is 7.83. The van der Waals surface area contributed by atoms with Gasteiger partial charge in [-0.25, -0.2) is 0 Å². The molecule has 0 radical (unpaired) electrons. The Kier molecular flexibility index (Phi) is 4.99. The molecule has 2 heteroatoms. The third kappa shape index (κ3) is 3.23. The summed E-state index contributed by atoms with van der Waals surface area (Å²) in [5.41, 5.74) is 4.55. The second-order valence-corrected chi connectivity index (χ2v) is 5.78. The molecular formula is C16H27NO. The van der Waals surface area contributed by atoms with Gasteiger partial charge in [-0.15, -0.1) is 0 Å². The first-order chi connectivity index (χ1) is 8.72. The number of hydrogen-bond donors (Lipinski definition) is 0. The van der Waals surface area contributed by atoms with E-state index in [0.717, 1.165) is 19.6 Å². The number of hydrogen-bond acceptors (Lipinski definition) is 2. The Morgan fingerprint density at radius 2 is 2.06 bits per heavy atom. The predicted molar refractivity (Wildman–Crippen MR) is 77.3 cm³/mol. The summed E-state index contributed by atoms with van der Waals surface area (Å²) in [6.45, 7) is 8.52. The molecule has 0 aromatic carbocycles. The van der Waals surface area contributed by atoms with Crippen molar-refractivity contribution in [3.63, 3.8) is 0 Å². The van der Waals surface area contributed by atoms with Crippen molar-refractivity contribution in [2.24, 2.45) is 10.9 Å². The number of rotatable bonds is 3. The van der Waals surface area contributed by atoms with Crippen LogP contribution in [0.2, 0.25) is 0 Å². The number of nitrogens with zero attached hydrogens (tertiary/aromatic N) is 1. The van der Waals surface area contributed by atoms with E-state index >= 15 is 0 Å². The molecule has 2 atom stereocenters. The first kappa shape index (κ1) is 13.8. The maximum Gasteiger partial charge on any atom is 0.0599 e. The summed E-state index contributed by atoms with van der Waals surface area (Å²) < 4.78 is 5.96. The van der Waals surface area contributed by atoms with E-state index < -0.39 is 0 Å². The molecule has 2 rings (SSSR count). The van der Waals surface area contributed by atoms with Crippen molar-refractivity contribution >= 4 is 5.71 Å². The van der Waals surface area contributed by atoms with E-state index in [1.807, 2.05) is 0 Å². The number of fused-ring (bicyclic) bond motifs is 1. The number of allylic oxidation sites excluding steroid dienone is 1. The first-order valence-electron chi connectivity index (χ1n) is 7.53. The summed E-state index contributed by atoms with van der Waals surface area (Å²) in [7, 11) is 0. The molecule has 0 aromatic heterocycles. The number of dihydropyridines is 1. The van der Waals surface area contributed by atoms with E-state index in [2.05, 4.69) is 25.8 Å². The Morgan fingerprint density at radius 3 is 2.83 bits per heavy atom. The van der Waals surface area contributed by atoms with Crippen LogP contribution in [0.5, 0.6) is 0 Å². The highest BCUT2D eigenvalue weighted by atomic mass is 16.5. The minimum absolute atomic E-state index is 0.491. The van der Waals surface area contributed by atoms with Gasteiger partial charge in [0.2, 0.25) is 0 Å². The van der Waals surface area contributed by atoms with Crippen molar-refractivity contribution < 1.29 is 4.74 Å². The molecule has 0 amide bonds. The van der Waals surface area contributed by atoms with Crippen molar-refractivity contribution in [1.29, 1.82) is 0 Å². The van der Waals surface area contributed by atoms with Gasteiger partial charge in [0.25, 0.3) is 0 Å². The fourth-order valence-corrected chi connectivity index (χ4v) is 3.24. The van der Waals surface area contributed by atoms with Gasteiger partial charge in [0.05, 0.1) is 12.6 Å². The summed E-state index contributed by atoms with van der Waals surface area (Å²) in [5.74, 6) is 0.644. The highest BCUT2D eigenvalue weighted by Gasteiger charge is 2.26. The van der Waals surface area contributed by atoms with Crippen LogP contribution in [0.3, 0.4) is 0 Å². The molecule has 1 heterocycles. The fraction of sp³-hybridized carbons (Fsp3) is 0.812. The van der Waals surface area contributed by atoms with Crippen molar-refractivity contribution in [2.45, 2.75) is 65.4 Å². The van der Waals surface area contributed by atoms with Gasteiger partial charge in [-0.05, 0) is 52.4 Å². The molecule has 2 nitrogen and oxygen atoms in total. The van der Waals surface area contributed by atoms with Crippen LogP contribution in [-0.2, 0) is 4.74 Å². The van der Waals surface area contributed by atoms with E-state index in [0.29, 0.717) is 12.0 Å². The van der Waals surface area contributed by atoms with Crippen molar-refractivity contribution in [2.75, 3.05) is 13.2 Å². The SMILES string of the molecule is CCCOC1CCCC2C(C)=NCC(C)=C2CC1. The van der Waals surface area contributed by atoms with Gasteiger partial charge in [0, 0.05) is 18.2 Å². The zero-order valence-electron chi connectivity index (χ0n) is 12.2. The van der Waals surface area contributed by atoms with E-state index in [4.69, 9.17) is 4.74 Å². The van der Waals surface area contributed by atoms with Crippen LogP contribution < -0.4 is 0 Å². The predicted octanol–water partition coefficient (Wildman–Crippen LogP) is 4.15. The van der Waals surface area contributed by atoms with Crippen molar-refractivity contribution in [3.05, 3.63) is 11.1 Å². The summed E-state index contributed by atoms with van der Waals surface area (Å²) in [6, 6.07) is 0. The molecule has 0 aromatic rings. The Hall–Kier alpha value is -0.630. The van der Waals surface area contributed by atoms with E-state index in [1.165, 1.54) is 43.4 Å². The third-order valence-electron chi connectivity index (χ3n) is 4.35. The molecule has 1 aliphatic heterocycles. The van der Waals surface area contributed by atoms with Gasteiger partial charge in [0.15, 0.2) is 0 Å². The molecule has 1 aliphatic carbocycles. The molecule has 2 aliphatic rings. The molecule has 0 saturated heterocycles. The summed E-state index contributed by atoms with van der Waals surface area (Å²) >= 11 is 0. The van der Waals surface area contributed by atoms with Crippen LogP contribution in [0.15, 0.2) is 16.1 Å². The number of ether oxygens (including phenoxy) is 1. The van der Waals surface area contributed by atoms with Crippen LogP contribution in [-0.4, -0.2) is 25.0 Å². The van der Waals surface area contributed by atoms with E-state index in [1.54, 1.807) is 5.57 Å². The zero-order valence-corrected chi connectivity index (χ0v) is 12.2. The lowest BCUT2D eigenvalue weighted by Crippen LogP contribution is -2.25. The second kappa shape index (κ2) is 6.51. The molecule has 18 heavy (non-hydrogen) atoms. The average molecular weight is 249 g/mol. The van der Waals surface area contributed by atoms with Crippen molar-refractivity contribution in [1.82, 2.24) is 0 Å². The summed E-state index contributed by atoms with van der Waals surface area (Å²) in [5, 5.41) is 0. The minimum Gasteiger partial charge on any atom is -0.378 e. The summed E-state index contributed by atoms with van der Waals surface area (Å²) in [4.78, 5) is 4.66. The topological polar surface area (TPSA) is 21.6 Å². The van der Waals surface area contributed by atoms with Gasteiger partial charge in [0.1, 0.15) is 0 Å². The van der Waals surface area contributed by atoms with Gasteiger partial charge in [-0.1, -0.05) is 18.1 Å². The lowest BCUT2D eigenvalue weighted by molar-refractivity contribution is 0.0379. The molecule has 102 valence electrons. The Labute approximate surface area is 112 Å². The Morgan fingerprint density at radius 1 is 1.22 bits per heavy atom. The minimum atomic E-state index is 0.491. The maximum atomic E-state index is 5.96. The highest BCUT2D eigenvalue weighted by Crippen LogP contribution is 2.34. The highest BCUT2D eigenvalue weighted by molar-refractivity contribution is 5.88. The van der Waals surface area contributed by atoms with Crippen molar-refractivity contribution in [3.8, 4) is 0 Å². The van der Waals surface area contributed by atoms with Crippen LogP contribution in [0.25, 0.3) is 0 Å². The molecule has 1 fully saturated rings.